The lowest BCUT2D eigenvalue weighted by Crippen LogP contribution is -2.48. The maximum atomic E-state index is 9.75. The number of hydrogen-bond donors (Lipinski definition) is 0. The second kappa shape index (κ2) is 16.8. The van der Waals surface area contributed by atoms with Gasteiger partial charge in [-0.25, -0.2) is 0 Å². The van der Waals surface area contributed by atoms with Crippen molar-refractivity contribution in [1.29, 1.82) is 0 Å². The van der Waals surface area contributed by atoms with Crippen molar-refractivity contribution in [2.75, 3.05) is 26.2 Å². The van der Waals surface area contributed by atoms with E-state index in [0.29, 0.717) is 0 Å². The second-order valence-electron chi connectivity index (χ2n) is 7.97. The fourth-order valence-corrected chi connectivity index (χ4v) is 3.82. The average molecular weight is 422 g/mol. The van der Waals surface area contributed by atoms with Gasteiger partial charge in [0.25, 0.3) is 0 Å². The molecular weight excluding hydrogens is 379 g/mol. The molecule has 0 atom stereocenters. The van der Waals surface area contributed by atoms with Crippen LogP contribution < -0.4 is 0 Å². The fourth-order valence-electron chi connectivity index (χ4n) is 3.82. The molecule has 0 spiro atoms. The number of aromatic nitrogens is 1. The molecule has 1 aromatic heterocycles. The molecule has 7 heteroatoms. The van der Waals surface area contributed by atoms with Gasteiger partial charge in [-0.05, 0) is 52.2 Å². The zero-order valence-electron chi connectivity index (χ0n) is 18.9. The van der Waals surface area contributed by atoms with Crippen molar-refractivity contribution in [3.05, 3.63) is 24.5 Å². The first-order chi connectivity index (χ1) is 13.8. The first-order valence-electron chi connectivity index (χ1n) is 11.6. The van der Waals surface area contributed by atoms with E-state index in [0.717, 1.165) is 0 Å². The molecule has 29 heavy (non-hydrogen) atoms. The van der Waals surface area contributed by atoms with Gasteiger partial charge in [-0.1, -0.05) is 44.9 Å². The normalized spacial score (nSPS) is 12.0. The molecule has 0 aliphatic rings. The van der Waals surface area contributed by atoms with Gasteiger partial charge in [0.15, 0.2) is 0 Å². The number of hydrogen-bond acceptors (Lipinski definition) is 0. The summed E-state index contributed by atoms with van der Waals surface area (Å²) < 4.78 is 42.6. The van der Waals surface area contributed by atoms with Crippen LogP contribution in [-0.4, -0.2) is 42.5 Å². The van der Waals surface area contributed by atoms with Crippen molar-refractivity contribution < 1.29 is 21.7 Å². The highest BCUT2D eigenvalue weighted by Crippen LogP contribution is 2.13. The summed E-state index contributed by atoms with van der Waals surface area (Å²) in [5.41, 5.74) is 0. The topological polar surface area (TPSA) is 4.93 Å². The van der Waals surface area contributed by atoms with Crippen LogP contribution in [0.5, 0.6) is 0 Å². The predicted molar refractivity (Wildman–Crippen MR) is 118 cm³/mol. The standard InChI is InChI=1S/C22H43N2.BF4/c1-4-24(5-2,6-3)22-18-14-12-10-8-7-9-11-13-15-19-23-20-16-17-21-23;2-1(3,4)5/h16-17,20-21H,4-15,18-19,22H2,1-3H3;/q+1;-1. The Balaban J connectivity index is 0.00000139. The first kappa shape index (κ1) is 28.0. The molecule has 0 aliphatic heterocycles. The highest BCUT2D eigenvalue weighted by Gasteiger charge is 2.20. The predicted octanol–water partition coefficient (Wildman–Crippen LogP) is 7.57. The highest BCUT2D eigenvalue weighted by atomic mass is 19.5. The molecular formula is C22H43BF4N2. The maximum Gasteiger partial charge on any atom is 0.673 e. The van der Waals surface area contributed by atoms with Crippen LogP contribution in [0.3, 0.4) is 0 Å². The smallest absolute Gasteiger partial charge is 0.418 e. The number of aryl methyl sites for hydroxylation is 1. The molecule has 0 unspecified atom stereocenters. The third-order valence-electron chi connectivity index (χ3n) is 5.98. The van der Waals surface area contributed by atoms with Crippen LogP contribution in [0.1, 0.15) is 85.0 Å². The van der Waals surface area contributed by atoms with Gasteiger partial charge in [0, 0.05) is 18.9 Å². The number of unbranched alkanes of at least 4 members (excludes halogenated alkanes) is 9. The van der Waals surface area contributed by atoms with E-state index in [1.807, 2.05) is 0 Å². The van der Waals surface area contributed by atoms with E-state index in [2.05, 4.69) is 49.9 Å². The van der Waals surface area contributed by atoms with Gasteiger partial charge < -0.3 is 26.3 Å². The number of nitrogens with zero attached hydrogens (tertiary/aromatic N) is 2. The number of rotatable bonds is 16. The van der Waals surface area contributed by atoms with Crippen LogP contribution in [0.25, 0.3) is 0 Å². The van der Waals surface area contributed by atoms with Gasteiger partial charge in [-0.3, -0.25) is 0 Å². The van der Waals surface area contributed by atoms with Gasteiger partial charge in [0.2, 0.25) is 0 Å². The average Bonchev–Trinajstić information content (AvgIpc) is 3.18. The summed E-state index contributed by atoms with van der Waals surface area (Å²) in [6.07, 6.45) is 18.6. The first-order valence-corrected chi connectivity index (χ1v) is 11.6. The molecule has 0 aromatic carbocycles. The molecule has 0 saturated carbocycles. The minimum absolute atomic E-state index is 1.19. The summed E-state index contributed by atoms with van der Waals surface area (Å²) in [5.74, 6) is 0. The Hall–Kier alpha value is -0.975. The number of halogens is 4. The molecule has 0 saturated heterocycles. The molecule has 1 rings (SSSR count). The Bertz CT molecular complexity index is 446. The molecule has 0 fully saturated rings. The molecule has 172 valence electrons. The van der Waals surface area contributed by atoms with E-state index >= 15 is 0 Å². The van der Waals surface area contributed by atoms with E-state index in [1.165, 1.54) is 101 Å². The lowest BCUT2D eigenvalue weighted by Gasteiger charge is -2.35. The van der Waals surface area contributed by atoms with Crippen LogP contribution in [0, 0.1) is 0 Å². The SMILES string of the molecule is CC[N+](CC)(CC)CCCCCCCCCCCCn1cccc1.F[B-](F)(F)F. The molecule has 1 heterocycles. The Morgan fingerprint density at radius 3 is 1.34 bits per heavy atom. The Kier molecular flexibility index (Phi) is 16.2. The van der Waals surface area contributed by atoms with Gasteiger partial charge >= 0.3 is 7.25 Å². The molecule has 0 bridgehead atoms. The summed E-state index contributed by atoms with van der Waals surface area (Å²) in [5, 5.41) is 0. The van der Waals surface area contributed by atoms with Crippen LogP contribution in [0.2, 0.25) is 0 Å². The van der Waals surface area contributed by atoms with Gasteiger partial charge in [0.1, 0.15) is 0 Å². The lowest BCUT2D eigenvalue weighted by atomic mass is 10.1. The van der Waals surface area contributed by atoms with Gasteiger partial charge in [-0.2, -0.15) is 0 Å². The molecule has 0 amide bonds. The minimum Gasteiger partial charge on any atom is -0.418 e. The zero-order valence-corrected chi connectivity index (χ0v) is 18.9. The summed E-state index contributed by atoms with van der Waals surface area (Å²) in [6, 6.07) is 4.23. The van der Waals surface area contributed by atoms with E-state index in [9.17, 15) is 17.3 Å². The Labute approximate surface area is 176 Å². The molecule has 1 aromatic rings. The molecule has 2 nitrogen and oxygen atoms in total. The van der Waals surface area contributed by atoms with Gasteiger partial charge in [0.05, 0.1) is 26.2 Å². The van der Waals surface area contributed by atoms with E-state index < -0.39 is 7.25 Å². The minimum atomic E-state index is -6.00. The maximum absolute atomic E-state index is 9.75. The van der Waals surface area contributed by atoms with Crippen molar-refractivity contribution in [2.45, 2.75) is 91.5 Å². The van der Waals surface area contributed by atoms with Crippen LogP contribution >= 0.6 is 0 Å². The van der Waals surface area contributed by atoms with Crippen LogP contribution in [-0.2, 0) is 6.54 Å². The molecule has 0 radical (unpaired) electrons. The molecule has 0 aliphatic carbocycles. The van der Waals surface area contributed by atoms with Crippen molar-refractivity contribution in [3.8, 4) is 0 Å². The van der Waals surface area contributed by atoms with E-state index in [4.69, 9.17) is 0 Å². The summed E-state index contributed by atoms with van der Waals surface area (Å²) in [7, 11) is -6.00. The van der Waals surface area contributed by atoms with Crippen LogP contribution in [0.15, 0.2) is 24.5 Å². The molecule has 0 N–H and O–H groups in total. The summed E-state index contributed by atoms with van der Waals surface area (Å²) in [4.78, 5) is 0. The Morgan fingerprint density at radius 2 is 0.966 bits per heavy atom. The Morgan fingerprint density at radius 1 is 0.621 bits per heavy atom. The van der Waals surface area contributed by atoms with E-state index in [1.54, 1.807) is 0 Å². The van der Waals surface area contributed by atoms with Crippen LogP contribution in [0.4, 0.5) is 17.3 Å². The lowest BCUT2D eigenvalue weighted by molar-refractivity contribution is -0.923. The highest BCUT2D eigenvalue weighted by molar-refractivity contribution is 6.50. The zero-order chi connectivity index (χ0) is 22.0. The summed E-state index contributed by atoms with van der Waals surface area (Å²) >= 11 is 0. The van der Waals surface area contributed by atoms with Crippen molar-refractivity contribution in [1.82, 2.24) is 4.57 Å². The largest absolute Gasteiger partial charge is 0.673 e. The summed E-state index contributed by atoms with van der Waals surface area (Å²) in [6.45, 7) is 13.6. The van der Waals surface area contributed by atoms with Gasteiger partial charge in [-0.15, -0.1) is 0 Å². The third-order valence-corrected chi connectivity index (χ3v) is 5.98. The van der Waals surface area contributed by atoms with Crippen molar-refractivity contribution >= 4 is 7.25 Å². The van der Waals surface area contributed by atoms with Crippen molar-refractivity contribution in [3.63, 3.8) is 0 Å². The van der Waals surface area contributed by atoms with E-state index in [-0.39, 0.29) is 0 Å². The number of quaternary nitrogens is 1. The quantitative estimate of drug-likeness (QED) is 0.112. The van der Waals surface area contributed by atoms with Crippen molar-refractivity contribution in [2.24, 2.45) is 0 Å². The fraction of sp³-hybridized carbons (Fsp3) is 0.818. The monoisotopic (exact) mass is 422 g/mol. The third kappa shape index (κ3) is 17.6. The second-order valence-corrected chi connectivity index (χ2v) is 7.97.